The minimum atomic E-state index is -0.153. The van der Waals surface area contributed by atoms with Crippen LogP contribution < -0.4 is 10.6 Å². The molecule has 1 fully saturated rings. The molecule has 0 aliphatic carbocycles. The lowest BCUT2D eigenvalue weighted by molar-refractivity contribution is 0.0948. The number of carbonyl (C=O) groups excluding carboxylic acids is 1. The Labute approximate surface area is 145 Å². The fourth-order valence-corrected chi connectivity index (χ4v) is 3.80. The predicted molar refractivity (Wildman–Crippen MR) is 93.4 cm³/mol. The number of amides is 1. The molecule has 0 aromatic carbocycles. The van der Waals surface area contributed by atoms with Gasteiger partial charge in [-0.05, 0) is 39.3 Å². The Morgan fingerprint density at radius 3 is 2.96 bits per heavy atom. The van der Waals surface area contributed by atoms with Crippen LogP contribution in [-0.4, -0.2) is 45.5 Å². The Hall–Kier alpha value is -1.80. The van der Waals surface area contributed by atoms with Crippen LogP contribution in [0, 0.1) is 6.92 Å². The van der Waals surface area contributed by atoms with Crippen molar-refractivity contribution < 1.29 is 4.79 Å². The molecule has 2 N–H and O–H groups in total. The lowest BCUT2D eigenvalue weighted by Crippen LogP contribution is -2.30. The maximum Gasteiger partial charge on any atom is 0.273 e. The average Bonchev–Trinajstić information content (AvgIpc) is 3.22. The fourth-order valence-electron chi connectivity index (χ4n) is 2.94. The largest absolute Gasteiger partial charge is 0.350 e. The van der Waals surface area contributed by atoms with Crippen LogP contribution in [0.4, 0.5) is 0 Å². The van der Waals surface area contributed by atoms with E-state index in [2.05, 4.69) is 32.9 Å². The monoisotopic (exact) mass is 348 g/mol. The maximum absolute atomic E-state index is 12.4. The van der Waals surface area contributed by atoms with Crippen molar-refractivity contribution in [1.29, 1.82) is 0 Å². The van der Waals surface area contributed by atoms with Gasteiger partial charge in [-0.3, -0.25) is 4.79 Å². The van der Waals surface area contributed by atoms with Gasteiger partial charge in [-0.1, -0.05) is 12.1 Å². The second-order valence-electron chi connectivity index (χ2n) is 6.03. The van der Waals surface area contributed by atoms with E-state index in [9.17, 15) is 4.79 Å². The quantitative estimate of drug-likeness (QED) is 0.826. The molecule has 24 heavy (non-hydrogen) atoms. The number of thiazole rings is 1. The second kappa shape index (κ2) is 7.85. The summed E-state index contributed by atoms with van der Waals surface area (Å²) in [6.07, 6.45) is 5.71. The normalized spacial score (nSPS) is 15.6. The third-order valence-corrected chi connectivity index (χ3v) is 5.57. The molecule has 2 aromatic rings. The molecule has 0 atom stereocenters. The van der Waals surface area contributed by atoms with Crippen LogP contribution >= 0.6 is 11.3 Å². The number of aryl methyl sites for hydroxylation is 1. The summed E-state index contributed by atoms with van der Waals surface area (Å²) in [5.41, 5.74) is 1.28. The van der Waals surface area contributed by atoms with Gasteiger partial charge in [0.05, 0.1) is 16.7 Å². The second-order valence-corrected chi connectivity index (χ2v) is 7.23. The Kier molecular flexibility index (Phi) is 5.57. The molecule has 3 rings (SSSR count). The summed E-state index contributed by atoms with van der Waals surface area (Å²) in [6, 6.07) is 0.336. The van der Waals surface area contributed by atoms with Gasteiger partial charge < -0.3 is 10.6 Å². The molecule has 1 aliphatic heterocycles. The zero-order chi connectivity index (χ0) is 16.9. The van der Waals surface area contributed by atoms with Gasteiger partial charge in [0.1, 0.15) is 0 Å². The molecule has 130 valence electrons. The van der Waals surface area contributed by atoms with Crippen molar-refractivity contribution in [2.45, 2.75) is 45.6 Å². The van der Waals surface area contributed by atoms with E-state index in [4.69, 9.17) is 0 Å². The van der Waals surface area contributed by atoms with E-state index in [1.165, 1.54) is 4.88 Å². The summed E-state index contributed by atoms with van der Waals surface area (Å²) < 4.78 is 1.91. The van der Waals surface area contributed by atoms with Crippen LogP contribution in [0.15, 0.2) is 6.20 Å². The van der Waals surface area contributed by atoms with Crippen molar-refractivity contribution in [3.8, 4) is 0 Å². The fraction of sp³-hybridized carbons (Fsp3) is 0.625. The molecule has 7 nitrogen and oxygen atoms in total. The van der Waals surface area contributed by atoms with Crippen LogP contribution in [0.25, 0.3) is 0 Å². The van der Waals surface area contributed by atoms with Crippen molar-refractivity contribution in [2.75, 3.05) is 19.6 Å². The Bertz CT molecular complexity index is 689. The molecule has 0 unspecified atom stereocenters. The first-order valence-corrected chi connectivity index (χ1v) is 9.35. The van der Waals surface area contributed by atoms with Gasteiger partial charge in [-0.2, -0.15) is 0 Å². The van der Waals surface area contributed by atoms with E-state index in [1.54, 1.807) is 11.3 Å². The number of aromatic nitrogens is 4. The highest BCUT2D eigenvalue weighted by molar-refractivity contribution is 7.11. The van der Waals surface area contributed by atoms with Crippen molar-refractivity contribution in [3.63, 3.8) is 0 Å². The van der Waals surface area contributed by atoms with Crippen molar-refractivity contribution in [3.05, 3.63) is 27.5 Å². The topological polar surface area (TPSA) is 84.7 Å². The van der Waals surface area contributed by atoms with Gasteiger partial charge in [0, 0.05) is 24.0 Å². The summed E-state index contributed by atoms with van der Waals surface area (Å²) >= 11 is 1.71. The molecule has 0 radical (unpaired) electrons. The number of carbonyl (C=O) groups is 1. The van der Waals surface area contributed by atoms with Gasteiger partial charge in [-0.25, -0.2) is 9.67 Å². The van der Waals surface area contributed by atoms with Gasteiger partial charge in [0.15, 0.2) is 5.69 Å². The van der Waals surface area contributed by atoms with E-state index < -0.39 is 0 Å². The molecular weight excluding hydrogens is 324 g/mol. The zero-order valence-corrected chi connectivity index (χ0v) is 15.0. The number of nitrogens with zero attached hydrogens (tertiary/aromatic N) is 4. The van der Waals surface area contributed by atoms with Crippen molar-refractivity contribution >= 4 is 17.2 Å². The average molecular weight is 348 g/mol. The van der Waals surface area contributed by atoms with Gasteiger partial charge in [0.25, 0.3) is 5.91 Å². The molecule has 0 bridgehead atoms. The van der Waals surface area contributed by atoms with Crippen molar-refractivity contribution in [1.82, 2.24) is 30.6 Å². The van der Waals surface area contributed by atoms with Crippen LogP contribution in [0.3, 0.4) is 0 Å². The summed E-state index contributed by atoms with van der Waals surface area (Å²) in [5, 5.41) is 15.6. The van der Waals surface area contributed by atoms with Crippen LogP contribution in [-0.2, 0) is 12.8 Å². The minimum Gasteiger partial charge on any atom is -0.350 e. The third-order valence-electron chi connectivity index (χ3n) is 4.37. The van der Waals surface area contributed by atoms with Crippen LogP contribution in [0.5, 0.6) is 0 Å². The standard InChI is InChI=1S/C16H24N6OS/c1-3-13-10-19-14(24-13)6-9-18-16(23)15-11(2)22(21-20-15)12-4-7-17-8-5-12/h10,12,17H,3-9H2,1-2H3,(H,18,23). The summed E-state index contributed by atoms with van der Waals surface area (Å²) in [6.45, 7) is 6.58. The van der Waals surface area contributed by atoms with Gasteiger partial charge in [-0.15, -0.1) is 16.4 Å². The zero-order valence-electron chi connectivity index (χ0n) is 14.2. The first-order valence-electron chi connectivity index (χ1n) is 8.53. The highest BCUT2D eigenvalue weighted by Crippen LogP contribution is 2.20. The van der Waals surface area contributed by atoms with Crippen LogP contribution in [0.1, 0.15) is 51.9 Å². The van der Waals surface area contributed by atoms with E-state index in [1.807, 2.05) is 17.8 Å². The van der Waals surface area contributed by atoms with E-state index in [-0.39, 0.29) is 5.91 Å². The van der Waals surface area contributed by atoms with Gasteiger partial charge in [0.2, 0.25) is 0 Å². The highest BCUT2D eigenvalue weighted by atomic mass is 32.1. The lowest BCUT2D eigenvalue weighted by atomic mass is 10.1. The predicted octanol–water partition coefficient (Wildman–Crippen LogP) is 1.50. The smallest absolute Gasteiger partial charge is 0.273 e. The van der Waals surface area contributed by atoms with Crippen molar-refractivity contribution in [2.24, 2.45) is 0 Å². The van der Waals surface area contributed by atoms with Crippen LogP contribution in [0.2, 0.25) is 0 Å². The molecule has 1 amide bonds. The number of piperidine rings is 1. The summed E-state index contributed by atoms with van der Waals surface area (Å²) in [4.78, 5) is 18.0. The number of hydrogen-bond acceptors (Lipinski definition) is 6. The first-order chi connectivity index (χ1) is 11.7. The molecular formula is C16H24N6OS. The minimum absolute atomic E-state index is 0.153. The molecule has 0 spiro atoms. The number of nitrogens with one attached hydrogen (secondary N) is 2. The van der Waals surface area contributed by atoms with E-state index >= 15 is 0 Å². The first kappa shape index (κ1) is 17.0. The Morgan fingerprint density at radius 1 is 1.46 bits per heavy atom. The van der Waals surface area contributed by atoms with E-state index in [0.717, 1.165) is 49.5 Å². The summed E-state index contributed by atoms with van der Waals surface area (Å²) in [5.74, 6) is -0.153. The molecule has 1 aliphatic rings. The van der Waals surface area contributed by atoms with Gasteiger partial charge >= 0.3 is 0 Å². The Balaban J connectivity index is 1.55. The molecule has 8 heteroatoms. The molecule has 3 heterocycles. The van der Waals surface area contributed by atoms with E-state index in [0.29, 0.717) is 18.3 Å². The molecule has 0 saturated carbocycles. The highest BCUT2D eigenvalue weighted by Gasteiger charge is 2.22. The lowest BCUT2D eigenvalue weighted by Gasteiger charge is -2.23. The third kappa shape index (κ3) is 3.81. The summed E-state index contributed by atoms with van der Waals surface area (Å²) in [7, 11) is 0. The maximum atomic E-state index is 12.4. The SMILES string of the molecule is CCc1cnc(CCNC(=O)c2nnn(C3CCNCC3)c2C)s1. The number of hydrogen-bond donors (Lipinski definition) is 2. The molecule has 1 saturated heterocycles. The number of rotatable bonds is 6. The Morgan fingerprint density at radius 2 is 2.25 bits per heavy atom. The molecule has 2 aromatic heterocycles.